The summed E-state index contributed by atoms with van der Waals surface area (Å²) in [7, 11) is 0. The quantitative estimate of drug-likeness (QED) is 0.741. The van der Waals surface area contributed by atoms with Crippen LogP contribution < -0.4 is 0 Å². The van der Waals surface area contributed by atoms with Crippen molar-refractivity contribution in [3.63, 3.8) is 0 Å². The molecule has 1 unspecified atom stereocenters. The second-order valence-electron chi connectivity index (χ2n) is 3.90. The molecular formula is C12H16O3S. The van der Waals surface area contributed by atoms with Gasteiger partial charge in [-0.15, -0.1) is 11.3 Å². The summed E-state index contributed by atoms with van der Waals surface area (Å²) >= 11 is 1.68. The first-order valence-electron chi connectivity index (χ1n) is 5.64. The fourth-order valence-corrected chi connectivity index (χ4v) is 2.42. The van der Waals surface area contributed by atoms with Crippen molar-refractivity contribution in [1.29, 1.82) is 0 Å². The van der Waals surface area contributed by atoms with Crippen molar-refractivity contribution in [3.8, 4) is 0 Å². The lowest BCUT2D eigenvalue weighted by atomic mass is 10.2. The monoisotopic (exact) mass is 240 g/mol. The van der Waals surface area contributed by atoms with E-state index in [1.807, 2.05) is 17.5 Å². The molecule has 0 amide bonds. The van der Waals surface area contributed by atoms with Crippen molar-refractivity contribution in [3.05, 3.63) is 22.4 Å². The molecular weight excluding hydrogens is 224 g/mol. The summed E-state index contributed by atoms with van der Waals surface area (Å²) in [4.78, 5) is 12.7. The maximum atomic E-state index is 11.4. The molecule has 0 N–H and O–H groups in total. The zero-order chi connectivity index (χ0) is 11.2. The van der Waals surface area contributed by atoms with Crippen molar-refractivity contribution in [2.24, 2.45) is 0 Å². The molecule has 4 heteroatoms. The van der Waals surface area contributed by atoms with Gasteiger partial charge in [0.15, 0.2) is 0 Å². The van der Waals surface area contributed by atoms with Crippen LogP contribution in [0.15, 0.2) is 17.5 Å². The third kappa shape index (κ3) is 3.61. The number of hydrogen-bond acceptors (Lipinski definition) is 4. The van der Waals surface area contributed by atoms with Crippen LogP contribution in [0, 0.1) is 0 Å². The normalized spacial score (nSPS) is 19.9. The molecule has 1 aliphatic rings. The van der Waals surface area contributed by atoms with Gasteiger partial charge in [-0.25, -0.2) is 0 Å². The Morgan fingerprint density at radius 1 is 1.62 bits per heavy atom. The number of thiophene rings is 1. The van der Waals surface area contributed by atoms with Gasteiger partial charge in [0.05, 0.1) is 12.5 Å². The fraction of sp³-hybridized carbons (Fsp3) is 0.583. The molecule has 2 heterocycles. The van der Waals surface area contributed by atoms with E-state index in [0.717, 1.165) is 25.9 Å². The van der Waals surface area contributed by atoms with Gasteiger partial charge >= 0.3 is 5.97 Å². The zero-order valence-electron chi connectivity index (χ0n) is 9.19. The molecule has 16 heavy (non-hydrogen) atoms. The van der Waals surface area contributed by atoms with Gasteiger partial charge in [-0.1, -0.05) is 6.07 Å². The molecule has 1 aromatic heterocycles. The number of rotatable bonds is 5. The van der Waals surface area contributed by atoms with Crippen LogP contribution in [0.1, 0.15) is 24.1 Å². The molecule has 0 radical (unpaired) electrons. The lowest BCUT2D eigenvalue weighted by molar-refractivity contribution is -0.146. The Morgan fingerprint density at radius 2 is 2.56 bits per heavy atom. The van der Waals surface area contributed by atoms with Crippen LogP contribution in [-0.2, 0) is 20.7 Å². The Kier molecular flexibility index (Phi) is 4.36. The topological polar surface area (TPSA) is 35.5 Å². The number of aryl methyl sites for hydroxylation is 1. The van der Waals surface area contributed by atoms with Gasteiger partial charge in [0.1, 0.15) is 6.61 Å². The van der Waals surface area contributed by atoms with Crippen LogP contribution >= 0.6 is 11.3 Å². The predicted octanol–water partition coefficient (Wildman–Crippen LogP) is 2.40. The number of ether oxygens (including phenoxy) is 2. The molecule has 1 aliphatic heterocycles. The third-order valence-corrected chi connectivity index (χ3v) is 3.55. The molecule has 1 atom stereocenters. The molecule has 0 bridgehead atoms. The summed E-state index contributed by atoms with van der Waals surface area (Å²) in [5, 5.41) is 2.02. The van der Waals surface area contributed by atoms with E-state index in [9.17, 15) is 4.79 Å². The van der Waals surface area contributed by atoms with E-state index in [1.165, 1.54) is 4.88 Å². The van der Waals surface area contributed by atoms with E-state index < -0.39 is 0 Å². The van der Waals surface area contributed by atoms with Gasteiger partial charge in [-0.2, -0.15) is 0 Å². The number of esters is 1. The summed E-state index contributed by atoms with van der Waals surface area (Å²) in [6.45, 7) is 1.22. The highest BCUT2D eigenvalue weighted by atomic mass is 32.1. The number of carbonyl (C=O) groups is 1. The second-order valence-corrected chi connectivity index (χ2v) is 4.93. The highest BCUT2D eigenvalue weighted by Crippen LogP contribution is 2.13. The van der Waals surface area contributed by atoms with Gasteiger partial charge in [0.2, 0.25) is 0 Å². The van der Waals surface area contributed by atoms with Crippen LogP contribution in [-0.4, -0.2) is 25.3 Å². The molecule has 0 saturated carbocycles. The van der Waals surface area contributed by atoms with Crippen LogP contribution in [0.4, 0.5) is 0 Å². The van der Waals surface area contributed by atoms with Crippen LogP contribution in [0.3, 0.4) is 0 Å². The van der Waals surface area contributed by atoms with E-state index in [4.69, 9.17) is 9.47 Å². The molecule has 88 valence electrons. The van der Waals surface area contributed by atoms with Crippen molar-refractivity contribution >= 4 is 17.3 Å². The smallest absolute Gasteiger partial charge is 0.306 e. The van der Waals surface area contributed by atoms with Gasteiger partial charge < -0.3 is 9.47 Å². The van der Waals surface area contributed by atoms with Crippen molar-refractivity contribution in [1.82, 2.24) is 0 Å². The van der Waals surface area contributed by atoms with Gasteiger partial charge in [-0.05, 0) is 30.7 Å². The SMILES string of the molecule is O=C(CCc1cccs1)OCC1CCCO1. The average molecular weight is 240 g/mol. The lowest BCUT2D eigenvalue weighted by Crippen LogP contribution is -2.17. The fourth-order valence-electron chi connectivity index (χ4n) is 1.71. The van der Waals surface area contributed by atoms with Crippen LogP contribution in [0.5, 0.6) is 0 Å². The molecule has 0 aromatic carbocycles. The lowest BCUT2D eigenvalue weighted by Gasteiger charge is -2.09. The van der Waals surface area contributed by atoms with E-state index in [-0.39, 0.29) is 12.1 Å². The van der Waals surface area contributed by atoms with Crippen molar-refractivity contribution in [2.75, 3.05) is 13.2 Å². The van der Waals surface area contributed by atoms with Gasteiger partial charge in [0, 0.05) is 11.5 Å². The van der Waals surface area contributed by atoms with E-state index in [0.29, 0.717) is 13.0 Å². The standard InChI is InChI=1S/C12H16O3S/c13-12(6-5-11-4-2-8-16-11)15-9-10-3-1-7-14-10/h2,4,8,10H,1,3,5-7,9H2. The van der Waals surface area contributed by atoms with Gasteiger partial charge in [0.25, 0.3) is 0 Å². The Labute approximate surface area is 99.4 Å². The van der Waals surface area contributed by atoms with Crippen molar-refractivity contribution in [2.45, 2.75) is 31.8 Å². The minimum absolute atomic E-state index is 0.121. The first-order chi connectivity index (χ1) is 7.84. The first-order valence-corrected chi connectivity index (χ1v) is 6.52. The highest BCUT2D eigenvalue weighted by Gasteiger charge is 2.17. The zero-order valence-corrected chi connectivity index (χ0v) is 10.0. The summed E-state index contributed by atoms with van der Waals surface area (Å²) in [6.07, 6.45) is 3.47. The maximum absolute atomic E-state index is 11.4. The maximum Gasteiger partial charge on any atom is 0.306 e. The summed E-state index contributed by atoms with van der Waals surface area (Å²) in [5.74, 6) is -0.121. The van der Waals surface area contributed by atoms with E-state index >= 15 is 0 Å². The van der Waals surface area contributed by atoms with Crippen molar-refractivity contribution < 1.29 is 14.3 Å². The Bertz CT molecular complexity index is 315. The molecule has 3 nitrogen and oxygen atoms in total. The number of carbonyl (C=O) groups excluding carboxylic acids is 1. The molecule has 2 rings (SSSR count). The summed E-state index contributed by atoms with van der Waals surface area (Å²) < 4.78 is 10.5. The summed E-state index contributed by atoms with van der Waals surface area (Å²) in [5.41, 5.74) is 0. The van der Waals surface area contributed by atoms with E-state index in [2.05, 4.69) is 0 Å². The Morgan fingerprint density at radius 3 is 3.25 bits per heavy atom. The van der Waals surface area contributed by atoms with Crippen LogP contribution in [0.2, 0.25) is 0 Å². The second kappa shape index (κ2) is 6.01. The van der Waals surface area contributed by atoms with E-state index in [1.54, 1.807) is 11.3 Å². The molecule has 0 aliphatic carbocycles. The largest absolute Gasteiger partial charge is 0.463 e. The molecule has 0 spiro atoms. The molecule has 1 saturated heterocycles. The number of hydrogen-bond donors (Lipinski definition) is 0. The molecule has 1 fully saturated rings. The Balaban J connectivity index is 1.60. The van der Waals surface area contributed by atoms with Gasteiger partial charge in [-0.3, -0.25) is 4.79 Å². The minimum Gasteiger partial charge on any atom is -0.463 e. The molecule has 1 aromatic rings. The third-order valence-electron chi connectivity index (χ3n) is 2.61. The Hall–Kier alpha value is -0.870. The van der Waals surface area contributed by atoms with Crippen LogP contribution in [0.25, 0.3) is 0 Å². The first kappa shape index (κ1) is 11.6. The highest BCUT2D eigenvalue weighted by molar-refractivity contribution is 7.09. The predicted molar refractivity (Wildman–Crippen MR) is 62.6 cm³/mol. The minimum atomic E-state index is -0.121. The summed E-state index contributed by atoms with van der Waals surface area (Å²) in [6, 6.07) is 4.04. The average Bonchev–Trinajstić information content (AvgIpc) is 2.96.